The second-order valence-corrected chi connectivity index (χ2v) is 7.27. The number of β-amino-alcohol motifs (C(OH)–C–C–N with tert-alkyl or cyclic N) is 1. The van der Waals surface area contributed by atoms with Gasteiger partial charge in [-0.25, -0.2) is 0 Å². The lowest BCUT2D eigenvalue weighted by atomic mass is 9.79. The van der Waals surface area contributed by atoms with Gasteiger partial charge in [-0.3, -0.25) is 4.79 Å². The number of amides is 1. The molecule has 1 aliphatic heterocycles. The first-order valence-electron chi connectivity index (χ1n) is 9.03. The maximum Gasteiger partial charge on any atom is 0.251 e. The second-order valence-electron chi connectivity index (χ2n) is 7.27. The average Bonchev–Trinajstić information content (AvgIpc) is 2.59. The molecule has 2 fully saturated rings. The number of nitrogens with one attached hydrogen (secondary N) is 1. The van der Waals surface area contributed by atoms with Crippen LogP contribution < -0.4 is 5.32 Å². The largest absolute Gasteiger partial charge is 0.387 e. The third-order valence-electron chi connectivity index (χ3n) is 5.48. The van der Waals surface area contributed by atoms with E-state index in [1.807, 2.05) is 30.3 Å². The van der Waals surface area contributed by atoms with Crippen LogP contribution in [0.2, 0.25) is 0 Å². The van der Waals surface area contributed by atoms with E-state index in [1.165, 1.54) is 0 Å². The van der Waals surface area contributed by atoms with Crippen molar-refractivity contribution in [1.82, 2.24) is 10.2 Å². The Morgan fingerprint density at radius 1 is 1.25 bits per heavy atom. The maximum atomic E-state index is 12.0. The molecule has 1 aromatic carbocycles. The number of rotatable bonds is 6. The molecule has 2 aliphatic rings. The van der Waals surface area contributed by atoms with Gasteiger partial charge in [0.15, 0.2) is 0 Å². The fourth-order valence-electron chi connectivity index (χ4n) is 3.54. The molecule has 1 saturated heterocycles. The number of aliphatic hydroxyl groups is 2. The van der Waals surface area contributed by atoms with Crippen LogP contribution in [0.25, 0.3) is 0 Å². The van der Waals surface area contributed by atoms with Crippen molar-refractivity contribution in [2.45, 2.75) is 43.8 Å². The third-order valence-corrected chi connectivity index (χ3v) is 5.48. The number of likely N-dealkylation sites (tertiary alicyclic amines) is 1. The molecule has 5 heteroatoms. The van der Waals surface area contributed by atoms with Crippen molar-refractivity contribution in [3.8, 4) is 0 Å². The third kappa shape index (κ3) is 4.15. The van der Waals surface area contributed by atoms with Crippen molar-refractivity contribution in [2.24, 2.45) is 5.92 Å². The van der Waals surface area contributed by atoms with Crippen molar-refractivity contribution in [1.29, 1.82) is 0 Å². The first kappa shape index (κ1) is 17.4. The number of benzene rings is 1. The van der Waals surface area contributed by atoms with Gasteiger partial charge in [0.05, 0.1) is 6.10 Å². The molecule has 0 aromatic heterocycles. The minimum absolute atomic E-state index is 0.198. The Bertz CT molecular complexity index is 537. The van der Waals surface area contributed by atoms with Gasteiger partial charge in [0.1, 0.15) is 5.60 Å². The van der Waals surface area contributed by atoms with Crippen LogP contribution in [0.4, 0.5) is 0 Å². The molecule has 0 radical (unpaired) electrons. The lowest BCUT2D eigenvalue weighted by molar-refractivity contribution is -0.148. The number of hydrogen-bond acceptors (Lipinski definition) is 4. The highest BCUT2D eigenvalue weighted by Crippen LogP contribution is 2.31. The number of piperidine rings is 1. The zero-order valence-corrected chi connectivity index (χ0v) is 14.2. The summed E-state index contributed by atoms with van der Waals surface area (Å²) in [4.78, 5) is 14.2. The molecule has 1 amide bonds. The van der Waals surface area contributed by atoms with Gasteiger partial charge in [-0.15, -0.1) is 0 Å². The monoisotopic (exact) mass is 332 g/mol. The molecule has 1 atom stereocenters. The predicted octanol–water partition coefficient (Wildman–Crippen LogP) is 1.46. The van der Waals surface area contributed by atoms with Crippen molar-refractivity contribution in [3.05, 3.63) is 35.9 Å². The summed E-state index contributed by atoms with van der Waals surface area (Å²) >= 11 is 0. The molecule has 1 aliphatic carbocycles. The summed E-state index contributed by atoms with van der Waals surface area (Å²) in [6.45, 7) is 3.18. The first-order valence-corrected chi connectivity index (χ1v) is 9.03. The van der Waals surface area contributed by atoms with Crippen LogP contribution >= 0.6 is 0 Å². The van der Waals surface area contributed by atoms with Crippen molar-refractivity contribution < 1.29 is 15.0 Å². The standard InChI is InChI=1S/C19H28N2O3/c22-17(16-5-2-1-3-6-16)14-21-11-7-15(8-12-21)13-20-18(23)19(24)9-4-10-19/h1-3,5-6,15,17,22,24H,4,7-14H2,(H,20,23). The minimum Gasteiger partial charge on any atom is -0.387 e. The molecular weight excluding hydrogens is 304 g/mol. The highest BCUT2D eigenvalue weighted by Gasteiger charge is 2.41. The molecule has 1 heterocycles. The molecule has 1 aromatic rings. The summed E-state index contributed by atoms with van der Waals surface area (Å²) < 4.78 is 0. The molecular formula is C19H28N2O3. The summed E-state index contributed by atoms with van der Waals surface area (Å²) in [6, 6.07) is 9.76. The molecule has 1 unspecified atom stereocenters. The SMILES string of the molecule is O=C(NCC1CCN(CC(O)c2ccccc2)CC1)C1(O)CCC1. The number of nitrogens with zero attached hydrogens (tertiary/aromatic N) is 1. The molecule has 3 N–H and O–H groups in total. The van der Waals surface area contributed by atoms with Crippen LogP contribution in [0.15, 0.2) is 30.3 Å². The molecule has 0 spiro atoms. The van der Waals surface area contributed by atoms with Crippen LogP contribution in [-0.2, 0) is 4.79 Å². The van der Waals surface area contributed by atoms with Crippen LogP contribution in [0.3, 0.4) is 0 Å². The van der Waals surface area contributed by atoms with Gasteiger partial charge in [-0.1, -0.05) is 30.3 Å². The molecule has 132 valence electrons. The van der Waals surface area contributed by atoms with Crippen LogP contribution in [-0.4, -0.2) is 52.8 Å². The summed E-state index contributed by atoms with van der Waals surface area (Å²) in [7, 11) is 0. The van der Waals surface area contributed by atoms with E-state index in [-0.39, 0.29) is 5.91 Å². The fourth-order valence-corrected chi connectivity index (χ4v) is 3.54. The Morgan fingerprint density at radius 3 is 2.50 bits per heavy atom. The predicted molar refractivity (Wildman–Crippen MR) is 92.4 cm³/mol. The Hall–Kier alpha value is -1.43. The van der Waals surface area contributed by atoms with Crippen LogP contribution in [0.5, 0.6) is 0 Å². The maximum absolute atomic E-state index is 12.0. The smallest absolute Gasteiger partial charge is 0.251 e. The lowest BCUT2D eigenvalue weighted by Gasteiger charge is -2.36. The first-order chi connectivity index (χ1) is 11.6. The minimum atomic E-state index is -1.10. The Kier molecular flexibility index (Phi) is 5.54. The summed E-state index contributed by atoms with van der Waals surface area (Å²) in [5, 5.41) is 23.2. The van der Waals surface area contributed by atoms with Gasteiger partial charge in [0, 0.05) is 13.1 Å². The lowest BCUT2D eigenvalue weighted by Crippen LogP contribution is -2.53. The van der Waals surface area contributed by atoms with Crippen LogP contribution in [0, 0.1) is 5.92 Å². The quantitative estimate of drug-likeness (QED) is 0.737. The van der Waals surface area contributed by atoms with Gasteiger partial charge in [0.2, 0.25) is 0 Å². The van der Waals surface area contributed by atoms with Crippen molar-refractivity contribution in [3.63, 3.8) is 0 Å². The van der Waals surface area contributed by atoms with E-state index in [0.29, 0.717) is 31.8 Å². The van der Waals surface area contributed by atoms with E-state index in [4.69, 9.17) is 0 Å². The van der Waals surface area contributed by atoms with E-state index < -0.39 is 11.7 Å². The van der Waals surface area contributed by atoms with E-state index in [0.717, 1.165) is 37.9 Å². The van der Waals surface area contributed by atoms with E-state index in [9.17, 15) is 15.0 Å². The van der Waals surface area contributed by atoms with Crippen molar-refractivity contribution >= 4 is 5.91 Å². The van der Waals surface area contributed by atoms with Gasteiger partial charge in [0.25, 0.3) is 5.91 Å². The number of hydrogen-bond donors (Lipinski definition) is 3. The van der Waals surface area contributed by atoms with Crippen LogP contribution in [0.1, 0.15) is 43.8 Å². The van der Waals surface area contributed by atoms with Crippen molar-refractivity contribution in [2.75, 3.05) is 26.2 Å². The molecule has 0 bridgehead atoms. The molecule has 5 nitrogen and oxygen atoms in total. The normalized spacial score (nSPS) is 22.6. The average molecular weight is 332 g/mol. The zero-order chi connectivity index (χ0) is 17.0. The topological polar surface area (TPSA) is 72.8 Å². The summed E-state index contributed by atoms with van der Waals surface area (Å²) in [5.74, 6) is 0.262. The number of aliphatic hydroxyl groups excluding tert-OH is 1. The molecule has 24 heavy (non-hydrogen) atoms. The van der Waals surface area contributed by atoms with E-state index >= 15 is 0 Å². The highest BCUT2D eigenvalue weighted by atomic mass is 16.3. The number of carbonyl (C=O) groups excluding carboxylic acids is 1. The van der Waals surface area contributed by atoms with Gasteiger partial charge in [-0.05, 0) is 56.7 Å². The summed E-state index contributed by atoms with van der Waals surface area (Å²) in [5.41, 5.74) is -0.138. The molecule has 3 rings (SSSR count). The van der Waals surface area contributed by atoms with E-state index in [2.05, 4.69) is 10.2 Å². The summed E-state index contributed by atoms with van der Waals surface area (Å²) in [6.07, 6.45) is 3.70. The van der Waals surface area contributed by atoms with Gasteiger partial charge < -0.3 is 20.4 Å². The zero-order valence-electron chi connectivity index (χ0n) is 14.2. The second kappa shape index (κ2) is 7.64. The van der Waals surface area contributed by atoms with Gasteiger partial charge >= 0.3 is 0 Å². The Labute approximate surface area is 143 Å². The van der Waals surface area contributed by atoms with E-state index in [1.54, 1.807) is 0 Å². The molecule has 1 saturated carbocycles. The highest BCUT2D eigenvalue weighted by molar-refractivity contribution is 5.85. The Morgan fingerprint density at radius 2 is 1.92 bits per heavy atom. The fraction of sp³-hybridized carbons (Fsp3) is 0.632. The Balaban J connectivity index is 1.37. The van der Waals surface area contributed by atoms with Gasteiger partial charge in [-0.2, -0.15) is 0 Å². The number of carbonyl (C=O) groups is 1.